The van der Waals surface area contributed by atoms with Gasteiger partial charge >= 0.3 is 0 Å². The van der Waals surface area contributed by atoms with E-state index in [4.69, 9.17) is 11.6 Å². The van der Waals surface area contributed by atoms with Crippen LogP contribution in [0.25, 0.3) is 31.3 Å². The van der Waals surface area contributed by atoms with Gasteiger partial charge in [-0.15, -0.1) is 11.3 Å². The van der Waals surface area contributed by atoms with Crippen molar-refractivity contribution in [3.8, 4) is 11.1 Å². The number of hydrogen-bond acceptors (Lipinski definition) is 1. The van der Waals surface area contributed by atoms with E-state index in [9.17, 15) is 0 Å². The minimum atomic E-state index is 0.180. The highest BCUT2D eigenvalue weighted by Crippen LogP contribution is 2.39. The molecular formula is C22H19ClS. The number of hydrogen-bond donors (Lipinski definition) is 0. The van der Waals surface area contributed by atoms with Crippen LogP contribution >= 0.6 is 22.9 Å². The highest BCUT2D eigenvalue weighted by molar-refractivity contribution is 7.26. The molecule has 0 unspecified atom stereocenters. The quantitative estimate of drug-likeness (QED) is 0.330. The third kappa shape index (κ3) is 2.62. The smallest absolute Gasteiger partial charge is 0.0499 e. The second-order valence-electron chi connectivity index (χ2n) is 7.25. The lowest BCUT2D eigenvalue weighted by atomic mass is 9.86. The van der Waals surface area contributed by atoms with Gasteiger partial charge in [0.25, 0.3) is 0 Å². The van der Waals surface area contributed by atoms with Crippen molar-refractivity contribution >= 4 is 43.1 Å². The first-order valence-corrected chi connectivity index (χ1v) is 9.35. The van der Waals surface area contributed by atoms with E-state index in [2.05, 4.69) is 69.3 Å². The van der Waals surface area contributed by atoms with Crippen molar-refractivity contribution in [2.45, 2.75) is 26.2 Å². The minimum absolute atomic E-state index is 0.180. The largest absolute Gasteiger partial charge is 0.135 e. The Bertz CT molecular complexity index is 1030. The maximum absolute atomic E-state index is 6.45. The lowest BCUT2D eigenvalue weighted by molar-refractivity contribution is 0.590. The Labute approximate surface area is 151 Å². The molecule has 0 fully saturated rings. The summed E-state index contributed by atoms with van der Waals surface area (Å²) in [5, 5.41) is 3.25. The van der Waals surface area contributed by atoms with Gasteiger partial charge in [-0.25, -0.2) is 0 Å². The minimum Gasteiger partial charge on any atom is -0.135 e. The topological polar surface area (TPSA) is 0 Å². The van der Waals surface area contributed by atoms with Gasteiger partial charge in [-0.2, -0.15) is 0 Å². The molecule has 0 aliphatic heterocycles. The van der Waals surface area contributed by atoms with Crippen molar-refractivity contribution in [2.24, 2.45) is 0 Å². The molecule has 2 heteroatoms. The van der Waals surface area contributed by atoms with Crippen LogP contribution in [0.1, 0.15) is 26.3 Å². The maximum atomic E-state index is 6.45. The summed E-state index contributed by atoms with van der Waals surface area (Å²) in [5.74, 6) is 0. The van der Waals surface area contributed by atoms with Crippen LogP contribution in [0.15, 0.2) is 60.7 Å². The second-order valence-corrected chi connectivity index (χ2v) is 8.74. The molecule has 0 bridgehead atoms. The highest BCUT2D eigenvalue weighted by Gasteiger charge is 2.14. The Balaban J connectivity index is 1.87. The van der Waals surface area contributed by atoms with Crippen molar-refractivity contribution in [3.63, 3.8) is 0 Å². The van der Waals surface area contributed by atoms with Crippen molar-refractivity contribution in [2.75, 3.05) is 0 Å². The molecule has 4 aromatic rings. The van der Waals surface area contributed by atoms with E-state index in [0.29, 0.717) is 0 Å². The molecule has 1 heterocycles. The van der Waals surface area contributed by atoms with Crippen molar-refractivity contribution in [1.82, 2.24) is 0 Å². The van der Waals surface area contributed by atoms with E-state index < -0.39 is 0 Å². The molecule has 0 aliphatic carbocycles. The average Bonchev–Trinajstić information content (AvgIpc) is 2.93. The molecule has 0 amide bonds. The zero-order valence-electron chi connectivity index (χ0n) is 14.1. The molecule has 0 saturated heterocycles. The zero-order valence-corrected chi connectivity index (χ0v) is 15.6. The Morgan fingerprint density at radius 1 is 0.792 bits per heavy atom. The first-order chi connectivity index (χ1) is 11.4. The normalized spacial score (nSPS) is 12.2. The standard InChI is InChI=1S/C22H19ClS/c1-22(2,3)16-10-7-14(8-11-16)15-9-12-19-17(13-15)21-18(23)5-4-6-20(21)24-19/h4-13H,1-3H3. The number of thiophene rings is 1. The number of benzene rings is 3. The van der Waals surface area contributed by atoms with Crippen molar-refractivity contribution in [3.05, 3.63) is 71.2 Å². The predicted octanol–water partition coefficient (Wildman–Crippen LogP) is 7.67. The van der Waals surface area contributed by atoms with Crippen LogP contribution in [0.4, 0.5) is 0 Å². The first-order valence-electron chi connectivity index (χ1n) is 8.15. The highest BCUT2D eigenvalue weighted by atomic mass is 35.5. The number of rotatable bonds is 1. The summed E-state index contributed by atoms with van der Waals surface area (Å²) in [7, 11) is 0. The number of fused-ring (bicyclic) bond motifs is 3. The first kappa shape index (κ1) is 15.7. The van der Waals surface area contributed by atoms with Crippen LogP contribution in [0.3, 0.4) is 0 Å². The van der Waals surface area contributed by atoms with Gasteiger partial charge in [-0.1, -0.05) is 68.8 Å². The Kier molecular flexibility index (Phi) is 3.67. The van der Waals surface area contributed by atoms with E-state index in [-0.39, 0.29) is 5.41 Å². The van der Waals surface area contributed by atoms with E-state index in [0.717, 1.165) is 5.02 Å². The summed E-state index contributed by atoms with van der Waals surface area (Å²) in [6, 6.07) is 21.7. The molecule has 24 heavy (non-hydrogen) atoms. The van der Waals surface area contributed by atoms with Crippen LogP contribution in [0, 0.1) is 0 Å². The molecule has 0 spiro atoms. The third-order valence-corrected chi connectivity index (χ3v) is 5.98. The van der Waals surface area contributed by atoms with Crippen LogP contribution in [0.2, 0.25) is 5.02 Å². The van der Waals surface area contributed by atoms with Crippen LogP contribution in [-0.2, 0) is 5.41 Å². The Hall–Kier alpha value is -1.83. The second kappa shape index (κ2) is 5.61. The molecule has 0 nitrogen and oxygen atoms in total. The molecular weight excluding hydrogens is 332 g/mol. The van der Waals surface area contributed by atoms with Crippen LogP contribution in [-0.4, -0.2) is 0 Å². The lowest BCUT2D eigenvalue weighted by Crippen LogP contribution is -2.10. The fraction of sp³-hybridized carbons (Fsp3) is 0.182. The molecule has 0 aliphatic rings. The summed E-state index contributed by atoms with van der Waals surface area (Å²) in [6.07, 6.45) is 0. The molecule has 0 atom stereocenters. The van der Waals surface area contributed by atoms with E-state index in [1.54, 1.807) is 11.3 Å². The fourth-order valence-electron chi connectivity index (χ4n) is 3.13. The lowest BCUT2D eigenvalue weighted by Gasteiger charge is -2.19. The van der Waals surface area contributed by atoms with Gasteiger partial charge in [0.15, 0.2) is 0 Å². The van der Waals surface area contributed by atoms with Crippen LogP contribution in [0.5, 0.6) is 0 Å². The van der Waals surface area contributed by atoms with Crippen LogP contribution < -0.4 is 0 Å². The van der Waals surface area contributed by atoms with E-state index in [1.165, 1.54) is 36.9 Å². The number of halogens is 1. The van der Waals surface area contributed by atoms with Gasteiger partial charge in [0, 0.05) is 25.2 Å². The maximum Gasteiger partial charge on any atom is 0.0499 e. The van der Waals surface area contributed by atoms with E-state index in [1.807, 2.05) is 12.1 Å². The summed E-state index contributed by atoms with van der Waals surface area (Å²) < 4.78 is 2.53. The SMILES string of the molecule is CC(C)(C)c1ccc(-c2ccc3sc4cccc(Cl)c4c3c2)cc1. The van der Waals surface area contributed by atoms with Crippen molar-refractivity contribution < 1.29 is 0 Å². The summed E-state index contributed by atoms with van der Waals surface area (Å²) in [5.41, 5.74) is 4.02. The molecule has 0 saturated carbocycles. The van der Waals surface area contributed by atoms with E-state index >= 15 is 0 Å². The average molecular weight is 351 g/mol. The molecule has 0 radical (unpaired) electrons. The van der Waals surface area contributed by atoms with Gasteiger partial charge in [-0.05, 0) is 46.4 Å². The third-order valence-electron chi connectivity index (χ3n) is 4.53. The molecule has 4 rings (SSSR count). The Morgan fingerprint density at radius 2 is 1.50 bits per heavy atom. The van der Waals surface area contributed by atoms with Gasteiger partial charge in [0.2, 0.25) is 0 Å². The summed E-state index contributed by atoms with van der Waals surface area (Å²) in [4.78, 5) is 0. The summed E-state index contributed by atoms with van der Waals surface area (Å²) in [6.45, 7) is 6.73. The fourth-order valence-corrected chi connectivity index (χ4v) is 4.57. The molecule has 120 valence electrons. The predicted molar refractivity (Wildman–Crippen MR) is 108 cm³/mol. The van der Waals surface area contributed by atoms with Gasteiger partial charge in [0.1, 0.15) is 0 Å². The van der Waals surface area contributed by atoms with Gasteiger partial charge in [-0.3, -0.25) is 0 Å². The van der Waals surface area contributed by atoms with Gasteiger partial charge < -0.3 is 0 Å². The van der Waals surface area contributed by atoms with Crippen molar-refractivity contribution in [1.29, 1.82) is 0 Å². The zero-order chi connectivity index (χ0) is 16.9. The molecule has 0 N–H and O–H groups in total. The molecule has 1 aromatic heterocycles. The Morgan fingerprint density at radius 3 is 2.21 bits per heavy atom. The monoisotopic (exact) mass is 350 g/mol. The van der Waals surface area contributed by atoms with Gasteiger partial charge in [0.05, 0.1) is 0 Å². The summed E-state index contributed by atoms with van der Waals surface area (Å²) >= 11 is 8.25. The molecule has 3 aromatic carbocycles.